The molecule has 0 aliphatic heterocycles. The van der Waals surface area contributed by atoms with Crippen molar-refractivity contribution in [2.45, 2.75) is 12.3 Å². The van der Waals surface area contributed by atoms with Crippen molar-refractivity contribution in [2.24, 2.45) is 5.92 Å². The molecule has 0 fully saturated rings. The second-order valence-electron chi connectivity index (χ2n) is 4.08. The van der Waals surface area contributed by atoms with Gasteiger partial charge >= 0.3 is 11.9 Å². The smallest absolute Gasteiger partial charge is 0.320 e. The predicted molar refractivity (Wildman–Crippen MR) is 72.4 cm³/mol. The normalized spacial score (nSPS) is 11.8. The van der Waals surface area contributed by atoms with Gasteiger partial charge in [0.2, 0.25) is 0 Å². The number of hydrogen-bond donors (Lipinski definition) is 0. The van der Waals surface area contributed by atoms with Crippen LogP contribution in [0.1, 0.15) is 17.9 Å². The Balaban J connectivity index is 3.19. The first-order valence-corrected chi connectivity index (χ1v) is 6.27. The molecule has 0 saturated carbocycles. The van der Waals surface area contributed by atoms with Gasteiger partial charge in [0.25, 0.3) is 0 Å². The van der Waals surface area contributed by atoms with Crippen LogP contribution in [0.2, 0.25) is 5.02 Å². The Labute approximate surface area is 121 Å². The standard InChI is InChI=1S/C14H15ClO5/c1-19-13(17)12(14(18)20-2)11(7-8-16)9-3-5-10(15)6-4-9/h3-6,8,11-12H,7H2,1-2H3. The molecule has 5 nitrogen and oxygen atoms in total. The Bertz CT molecular complexity index is 467. The number of halogens is 1. The highest BCUT2D eigenvalue weighted by Gasteiger charge is 2.37. The van der Waals surface area contributed by atoms with Gasteiger partial charge in [-0.05, 0) is 17.7 Å². The van der Waals surface area contributed by atoms with Crippen LogP contribution >= 0.6 is 11.6 Å². The van der Waals surface area contributed by atoms with Crippen molar-refractivity contribution >= 4 is 29.8 Å². The second-order valence-corrected chi connectivity index (χ2v) is 4.52. The molecule has 0 radical (unpaired) electrons. The summed E-state index contributed by atoms with van der Waals surface area (Å²) in [4.78, 5) is 34.5. The van der Waals surface area contributed by atoms with E-state index in [9.17, 15) is 14.4 Å². The van der Waals surface area contributed by atoms with E-state index in [-0.39, 0.29) is 6.42 Å². The summed E-state index contributed by atoms with van der Waals surface area (Å²) in [7, 11) is 2.36. The van der Waals surface area contributed by atoms with Crippen molar-refractivity contribution < 1.29 is 23.9 Å². The van der Waals surface area contributed by atoms with E-state index in [0.717, 1.165) is 0 Å². The van der Waals surface area contributed by atoms with E-state index >= 15 is 0 Å². The monoisotopic (exact) mass is 298 g/mol. The summed E-state index contributed by atoms with van der Waals surface area (Å²) in [6.07, 6.45) is 0.647. The molecule has 0 amide bonds. The molecule has 6 heteroatoms. The first-order valence-electron chi connectivity index (χ1n) is 5.89. The van der Waals surface area contributed by atoms with Gasteiger partial charge in [-0.25, -0.2) is 0 Å². The quantitative estimate of drug-likeness (QED) is 0.456. The lowest BCUT2D eigenvalue weighted by Gasteiger charge is -2.22. The minimum Gasteiger partial charge on any atom is -0.468 e. The van der Waals surface area contributed by atoms with E-state index in [4.69, 9.17) is 11.6 Å². The molecule has 0 saturated heterocycles. The number of carbonyl (C=O) groups is 3. The predicted octanol–water partition coefficient (Wildman–Crippen LogP) is 1.97. The number of rotatable bonds is 6. The molecule has 1 aromatic rings. The van der Waals surface area contributed by atoms with Crippen molar-refractivity contribution in [3.8, 4) is 0 Å². The molecule has 0 bridgehead atoms. The zero-order valence-electron chi connectivity index (χ0n) is 11.2. The van der Waals surface area contributed by atoms with E-state index in [1.54, 1.807) is 24.3 Å². The lowest BCUT2D eigenvalue weighted by atomic mass is 9.84. The van der Waals surface area contributed by atoms with Gasteiger partial charge in [0, 0.05) is 17.4 Å². The molecule has 0 aliphatic rings. The molecular formula is C14H15ClO5. The molecule has 0 aromatic heterocycles. The summed E-state index contributed by atoms with van der Waals surface area (Å²) in [6.45, 7) is 0. The summed E-state index contributed by atoms with van der Waals surface area (Å²) >= 11 is 5.80. The molecule has 108 valence electrons. The minimum atomic E-state index is -1.18. The van der Waals surface area contributed by atoms with Gasteiger partial charge < -0.3 is 14.3 Å². The number of methoxy groups -OCH3 is 2. The van der Waals surface area contributed by atoms with E-state index in [1.165, 1.54) is 14.2 Å². The number of hydrogen-bond acceptors (Lipinski definition) is 5. The molecule has 1 aromatic carbocycles. The third kappa shape index (κ3) is 3.81. The third-order valence-electron chi connectivity index (χ3n) is 2.96. The molecular weight excluding hydrogens is 284 g/mol. The average Bonchev–Trinajstić information content (AvgIpc) is 2.47. The van der Waals surface area contributed by atoms with Gasteiger partial charge in [0.1, 0.15) is 6.29 Å². The maximum absolute atomic E-state index is 11.8. The Hall–Kier alpha value is -1.88. The lowest BCUT2D eigenvalue weighted by Crippen LogP contribution is -2.32. The summed E-state index contributed by atoms with van der Waals surface area (Å²) in [5.74, 6) is -3.31. The van der Waals surface area contributed by atoms with Crippen LogP contribution in [0.5, 0.6) is 0 Å². The summed E-state index contributed by atoms with van der Waals surface area (Å²) in [5.41, 5.74) is 0.641. The zero-order valence-corrected chi connectivity index (χ0v) is 11.9. The first kappa shape index (κ1) is 16.2. The summed E-state index contributed by atoms with van der Waals surface area (Å²) < 4.78 is 9.25. The van der Waals surface area contributed by atoms with Crippen molar-refractivity contribution in [3.05, 3.63) is 34.9 Å². The van der Waals surface area contributed by atoms with Gasteiger partial charge in [-0.1, -0.05) is 23.7 Å². The largest absolute Gasteiger partial charge is 0.468 e. The van der Waals surface area contributed by atoms with Crippen LogP contribution in [0.15, 0.2) is 24.3 Å². The fourth-order valence-electron chi connectivity index (χ4n) is 1.96. The Morgan fingerprint density at radius 2 is 1.65 bits per heavy atom. The fourth-order valence-corrected chi connectivity index (χ4v) is 2.08. The molecule has 0 N–H and O–H groups in total. The molecule has 1 unspecified atom stereocenters. The number of benzene rings is 1. The number of aldehydes is 1. The number of ether oxygens (including phenoxy) is 2. The van der Waals surface area contributed by atoms with Crippen LogP contribution < -0.4 is 0 Å². The molecule has 0 heterocycles. The summed E-state index contributed by atoms with van der Waals surface area (Å²) in [6, 6.07) is 6.57. The highest BCUT2D eigenvalue weighted by molar-refractivity contribution is 6.30. The minimum absolute atomic E-state index is 0.00347. The van der Waals surface area contributed by atoms with Crippen molar-refractivity contribution in [1.82, 2.24) is 0 Å². The molecule has 1 rings (SSSR count). The van der Waals surface area contributed by atoms with Gasteiger partial charge in [-0.3, -0.25) is 9.59 Å². The maximum Gasteiger partial charge on any atom is 0.320 e. The molecule has 0 spiro atoms. The SMILES string of the molecule is COC(=O)C(C(=O)OC)C(CC=O)c1ccc(Cl)cc1. The van der Waals surface area contributed by atoms with Crippen molar-refractivity contribution in [3.63, 3.8) is 0 Å². The van der Waals surface area contributed by atoms with Crippen molar-refractivity contribution in [1.29, 1.82) is 0 Å². The molecule has 20 heavy (non-hydrogen) atoms. The van der Waals surface area contributed by atoms with Crippen LogP contribution in [0.25, 0.3) is 0 Å². The molecule has 1 atom stereocenters. The van der Waals surface area contributed by atoms with Crippen LogP contribution in [0, 0.1) is 5.92 Å². The highest BCUT2D eigenvalue weighted by atomic mass is 35.5. The highest BCUT2D eigenvalue weighted by Crippen LogP contribution is 2.30. The Morgan fingerprint density at radius 1 is 1.15 bits per heavy atom. The zero-order chi connectivity index (χ0) is 15.1. The lowest BCUT2D eigenvalue weighted by molar-refractivity contribution is -0.160. The van der Waals surface area contributed by atoms with Gasteiger partial charge in [0.05, 0.1) is 14.2 Å². The van der Waals surface area contributed by atoms with E-state index in [1.807, 2.05) is 0 Å². The van der Waals surface area contributed by atoms with Crippen molar-refractivity contribution in [2.75, 3.05) is 14.2 Å². The number of carbonyl (C=O) groups excluding carboxylic acids is 3. The topological polar surface area (TPSA) is 69.7 Å². The van der Waals surface area contributed by atoms with Crippen LogP contribution in [0.4, 0.5) is 0 Å². The average molecular weight is 299 g/mol. The summed E-state index contributed by atoms with van der Waals surface area (Å²) in [5, 5.41) is 0.520. The van der Waals surface area contributed by atoms with E-state index in [2.05, 4.69) is 9.47 Å². The third-order valence-corrected chi connectivity index (χ3v) is 3.21. The second kappa shape index (κ2) is 7.65. The fraction of sp³-hybridized carbons (Fsp3) is 0.357. The van der Waals surface area contributed by atoms with Gasteiger partial charge in [0.15, 0.2) is 5.92 Å². The van der Waals surface area contributed by atoms with Gasteiger partial charge in [-0.15, -0.1) is 0 Å². The Kier molecular flexibility index (Phi) is 6.18. The number of esters is 2. The van der Waals surface area contributed by atoms with Gasteiger partial charge in [-0.2, -0.15) is 0 Å². The van der Waals surface area contributed by atoms with E-state index in [0.29, 0.717) is 16.9 Å². The molecule has 0 aliphatic carbocycles. The first-order chi connectivity index (χ1) is 9.54. The van der Waals surface area contributed by atoms with Crippen LogP contribution in [-0.2, 0) is 23.9 Å². The maximum atomic E-state index is 11.8. The van der Waals surface area contributed by atoms with Crippen LogP contribution in [0.3, 0.4) is 0 Å². The van der Waals surface area contributed by atoms with E-state index < -0.39 is 23.8 Å². The van der Waals surface area contributed by atoms with Crippen LogP contribution in [-0.4, -0.2) is 32.4 Å². The Morgan fingerprint density at radius 3 is 2.05 bits per heavy atom.